The van der Waals surface area contributed by atoms with Crippen molar-refractivity contribution in [2.24, 2.45) is 5.73 Å². The molecule has 0 aromatic carbocycles. The van der Waals surface area contributed by atoms with Gasteiger partial charge in [-0.15, -0.1) is 11.8 Å². The zero-order valence-electron chi connectivity index (χ0n) is 6.19. The number of hydrogen-bond acceptors (Lipinski definition) is 4. The molecule has 0 rings (SSSR count). The number of aliphatic carboxylic acids is 2. The molecule has 0 saturated carbocycles. The fourth-order valence-electron chi connectivity index (χ4n) is 0.344. The Morgan fingerprint density at radius 2 is 1.92 bits per heavy atom. The highest BCUT2D eigenvalue weighted by Gasteiger charge is 2.11. The first-order chi connectivity index (χ1) is 5.04. The molecule has 72 valence electrons. The molecule has 0 aromatic rings. The van der Waals surface area contributed by atoms with Crippen LogP contribution in [-0.2, 0) is 9.59 Å². The second kappa shape index (κ2) is 7.26. The smallest absolute Gasteiger partial charge is 0.321 e. The summed E-state index contributed by atoms with van der Waals surface area (Å²) in [7, 11) is 0. The molecule has 12 heavy (non-hydrogen) atoms. The monoisotopic (exact) mass is 213 g/mol. The second-order valence-electron chi connectivity index (χ2n) is 1.85. The van der Waals surface area contributed by atoms with Crippen LogP contribution < -0.4 is 5.73 Å². The van der Waals surface area contributed by atoms with E-state index in [-0.39, 0.29) is 25.0 Å². The van der Waals surface area contributed by atoms with Crippen LogP contribution in [0, 0.1) is 0 Å². The third-order valence-corrected chi connectivity index (χ3v) is 1.89. The minimum absolute atomic E-state index is 0. The molecule has 0 fully saturated rings. The lowest BCUT2D eigenvalue weighted by Gasteiger charge is -2.02. The van der Waals surface area contributed by atoms with Crippen molar-refractivity contribution in [3.63, 3.8) is 0 Å². The maximum absolute atomic E-state index is 10.1. The molecule has 0 aliphatic rings. The predicted molar refractivity (Wildman–Crippen MR) is 51.0 cm³/mol. The zero-order valence-corrected chi connectivity index (χ0v) is 8.00. The number of rotatable bonds is 5. The number of nitrogens with two attached hydrogens (primary N) is 1. The first-order valence-corrected chi connectivity index (χ1v) is 3.97. The van der Waals surface area contributed by atoms with Gasteiger partial charge >= 0.3 is 11.9 Å². The van der Waals surface area contributed by atoms with Crippen molar-refractivity contribution in [2.45, 2.75) is 6.04 Å². The Kier molecular flexibility index (Phi) is 8.56. The van der Waals surface area contributed by atoms with Crippen LogP contribution in [-0.4, -0.2) is 39.7 Å². The molecule has 0 amide bonds. The summed E-state index contributed by atoms with van der Waals surface area (Å²) in [5.74, 6) is -2.06. The third-order valence-electron chi connectivity index (χ3n) is 0.840. The normalized spacial score (nSPS) is 11.4. The Hall–Kier alpha value is -0.400. The molecule has 7 heteroatoms. The van der Waals surface area contributed by atoms with Gasteiger partial charge in [-0.2, -0.15) is 13.5 Å². The Bertz CT molecular complexity index is 164. The topological polar surface area (TPSA) is 101 Å². The SMILES string of the molecule is N[C@@H](CSCC(=O)O)C(=O)O.S. The summed E-state index contributed by atoms with van der Waals surface area (Å²) in [6, 6.07) is -0.973. The predicted octanol–water partition coefficient (Wildman–Crippen LogP) is -0.671. The molecule has 0 unspecified atom stereocenters. The summed E-state index contributed by atoms with van der Waals surface area (Å²) in [6.45, 7) is 0. The first-order valence-electron chi connectivity index (χ1n) is 2.82. The molecule has 1 atom stereocenters. The standard InChI is InChI=1S/C5H9NO4S.H2S/c6-3(5(9)10)1-11-2-4(7)8;/h3H,1-2,6H2,(H,7,8)(H,9,10);1H2/t3-;/m0./s1. The molecule has 0 aliphatic carbocycles. The van der Waals surface area contributed by atoms with Crippen molar-refractivity contribution in [3.05, 3.63) is 0 Å². The van der Waals surface area contributed by atoms with E-state index in [4.69, 9.17) is 15.9 Å². The molecule has 0 saturated heterocycles. The average molecular weight is 213 g/mol. The van der Waals surface area contributed by atoms with Crippen molar-refractivity contribution in [3.8, 4) is 0 Å². The largest absolute Gasteiger partial charge is 0.481 e. The Morgan fingerprint density at radius 3 is 2.25 bits per heavy atom. The summed E-state index contributed by atoms with van der Waals surface area (Å²) in [5, 5.41) is 16.4. The van der Waals surface area contributed by atoms with Crippen LogP contribution in [0.3, 0.4) is 0 Å². The highest BCUT2D eigenvalue weighted by Crippen LogP contribution is 2.00. The summed E-state index contributed by atoms with van der Waals surface area (Å²) >= 11 is 0.992. The molecule has 0 spiro atoms. The van der Waals surface area contributed by atoms with Crippen LogP contribution in [0.15, 0.2) is 0 Å². The number of carbonyl (C=O) groups is 2. The van der Waals surface area contributed by atoms with Crippen LogP contribution in [0.25, 0.3) is 0 Å². The van der Waals surface area contributed by atoms with Gasteiger partial charge in [-0.25, -0.2) is 0 Å². The number of carboxylic acid groups (broad SMARTS) is 2. The zero-order chi connectivity index (χ0) is 8.85. The van der Waals surface area contributed by atoms with Gasteiger partial charge in [0.25, 0.3) is 0 Å². The van der Waals surface area contributed by atoms with E-state index in [9.17, 15) is 9.59 Å². The molecule has 4 N–H and O–H groups in total. The summed E-state index contributed by atoms with van der Waals surface area (Å²) in [4.78, 5) is 20.0. The van der Waals surface area contributed by atoms with E-state index in [2.05, 4.69) is 0 Å². The van der Waals surface area contributed by atoms with Gasteiger partial charge in [0.15, 0.2) is 0 Å². The van der Waals surface area contributed by atoms with Crippen LogP contribution in [0.5, 0.6) is 0 Å². The lowest BCUT2D eigenvalue weighted by Crippen LogP contribution is -2.32. The minimum atomic E-state index is -1.11. The van der Waals surface area contributed by atoms with E-state index >= 15 is 0 Å². The molecular formula is C5H11NO4S2. The van der Waals surface area contributed by atoms with E-state index in [0.29, 0.717) is 0 Å². The van der Waals surface area contributed by atoms with Gasteiger partial charge in [0.2, 0.25) is 0 Å². The molecule has 0 bridgehead atoms. The number of hydrogen-bond donors (Lipinski definition) is 3. The lowest BCUT2D eigenvalue weighted by atomic mass is 10.4. The van der Waals surface area contributed by atoms with Gasteiger partial charge in [0.1, 0.15) is 6.04 Å². The van der Waals surface area contributed by atoms with Crippen LogP contribution >= 0.6 is 25.3 Å². The molecule has 0 aromatic heterocycles. The van der Waals surface area contributed by atoms with Gasteiger partial charge in [0.05, 0.1) is 5.75 Å². The van der Waals surface area contributed by atoms with Gasteiger partial charge in [0, 0.05) is 5.75 Å². The molecule has 0 radical (unpaired) electrons. The van der Waals surface area contributed by atoms with Crippen LogP contribution in [0.2, 0.25) is 0 Å². The Morgan fingerprint density at radius 1 is 1.42 bits per heavy atom. The van der Waals surface area contributed by atoms with E-state index < -0.39 is 18.0 Å². The molecular weight excluding hydrogens is 202 g/mol. The molecule has 5 nitrogen and oxygen atoms in total. The average Bonchev–Trinajstić information content (AvgIpc) is 1.86. The second-order valence-corrected chi connectivity index (χ2v) is 2.88. The molecule has 0 aliphatic heterocycles. The van der Waals surface area contributed by atoms with Crippen molar-refractivity contribution >= 4 is 37.2 Å². The summed E-state index contributed by atoms with van der Waals surface area (Å²) < 4.78 is 0. The summed E-state index contributed by atoms with van der Waals surface area (Å²) in [6.07, 6.45) is 0. The maximum atomic E-state index is 10.1. The van der Waals surface area contributed by atoms with Crippen LogP contribution in [0.1, 0.15) is 0 Å². The lowest BCUT2D eigenvalue weighted by molar-refractivity contribution is -0.138. The van der Waals surface area contributed by atoms with Crippen LogP contribution in [0.4, 0.5) is 0 Å². The van der Waals surface area contributed by atoms with E-state index in [1.807, 2.05) is 0 Å². The van der Waals surface area contributed by atoms with Gasteiger partial charge < -0.3 is 15.9 Å². The van der Waals surface area contributed by atoms with Crippen molar-refractivity contribution in [1.29, 1.82) is 0 Å². The number of thioether (sulfide) groups is 1. The highest BCUT2D eigenvalue weighted by molar-refractivity contribution is 8.00. The highest BCUT2D eigenvalue weighted by atomic mass is 32.2. The number of carboxylic acids is 2. The van der Waals surface area contributed by atoms with E-state index in [1.54, 1.807) is 0 Å². The van der Waals surface area contributed by atoms with Crippen molar-refractivity contribution in [2.75, 3.05) is 11.5 Å². The Balaban J connectivity index is 0. The van der Waals surface area contributed by atoms with E-state index in [1.165, 1.54) is 0 Å². The minimum Gasteiger partial charge on any atom is -0.481 e. The Labute approximate surface area is 80.8 Å². The van der Waals surface area contributed by atoms with Gasteiger partial charge in [-0.05, 0) is 0 Å². The quantitative estimate of drug-likeness (QED) is 0.560. The van der Waals surface area contributed by atoms with Gasteiger partial charge in [-0.3, -0.25) is 9.59 Å². The van der Waals surface area contributed by atoms with E-state index in [0.717, 1.165) is 11.8 Å². The van der Waals surface area contributed by atoms with Crippen molar-refractivity contribution < 1.29 is 19.8 Å². The maximum Gasteiger partial charge on any atom is 0.321 e. The van der Waals surface area contributed by atoms with Gasteiger partial charge in [-0.1, -0.05) is 0 Å². The first kappa shape index (κ1) is 14.1. The van der Waals surface area contributed by atoms with Crippen molar-refractivity contribution in [1.82, 2.24) is 0 Å². The third kappa shape index (κ3) is 7.70. The molecule has 0 heterocycles. The fraction of sp³-hybridized carbons (Fsp3) is 0.600. The summed E-state index contributed by atoms with van der Waals surface area (Å²) in [5.41, 5.74) is 5.09. The fourth-order valence-corrected chi connectivity index (χ4v) is 1.03.